The molecule has 5 nitrogen and oxygen atoms in total. The summed E-state index contributed by atoms with van der Waals surface area (Å²) in [6, 6.07) is 3.27. The first-order valence-electron chi connectivity index (χ1n) is 8.15. The molecule has 0 spiro atoms. The molecule has 1 N–H and O–H groups in total. The van der Waals surface area contributed by atoms with Crippen molar-refractivity contribution in [3.63, 3.8) is 0 Å². The van der Waals surface area contributed by atoms with Gasteiger partial charge in [0.2, 0.25) is 0 Å². The molecule has 0 bridgehead atoms. The van der Waals surface area contributed by atoms with Crippen molar-refractivity contribution in [1.82, 2.24) is 9.88 Å². The number of nitrogens with zero attached hydrogens (tertiary/aromatic N) is 1. The lowest BCUT2D eigenvalue weighted by molar-refractivity contribution is -0.0963. The quantitative estimate of drug-likeness (QED) is 0.909. The lowest BCUT2D eigenvalue weighted by Crippen LogP contribution is -2.52. The molecule has 5 heteroatoms. The number of rotatable bonds is 5. The number of pyridine rings is 1. The number of hydrogen-bond acceptors (Lipinski definition) is 3. The second kappa shape index (κ2) is 7.58. The molecule has 22 heavy (non-hydrogen) atoms. The fraction of sp³-hybridized carbons (Fsp3) is 0.647. The molecule has 1 aliphatic rings. The first-order valence-corrected chi connectivity index (χ1v) is 8.15. The summed E-state index contributed by atoms with van der Waals surface area (Å²) in [5.74, 6) is 0.145. The van der Waals surface area contributed by atoms with E-state index in [1.807, 2.05) is 0 Å². The number of carbonyl (C=O) groups is 1. The van der Waals surface area contributed by atoms with E-state index in [4.69, 9.17) is 4.74 Å². The molecule has 1 saturated heterocycles. The monoisotopic (exact) mass is 306 g/mol. The average molecular weight is 306 g/mol. The predicted molar refractivity (Wildman–Crippen MR) is 86.0 cm³/mol. The van der Waals surface area contributed by atoms with Crippen molar-refractivity contribution in [3.8, 4) is 0 Å². The Labute approximate surface area is 131 Å². The Kier molecular flexibility index (Phi) is 5.77. The highest BCUT2D eigenvalue weighted by Gasteiger charge is 2.32. The second-order valence-corrected chi connectivity index (χ2v) is 6.31. The molecule has 1 aromatic rings. The zero-order valence-corrected chi connectivity index (χ0v) is 13.7. The molecule has 122 valence electrons. The van der Waals surface area contributed by atoms with Crippen LogP contribution in [0.2, 0.25) is 0 Å². The fourth-order valence-corrected chi connectivity index (χ4v) is 2.76. The summed E-state index contributed by atoms with van der Waals surface area (Å²) in [5, 5.41) is 0. The second-order valence-electron chi connectivity index (χ2n) is 6.31. The van der Waals surface area contributed by atoms with Gasteiger partial charge in [0.15, 0.2) is 0 Å². The van der Waals surface area contributed by atoms with Crippen molar-refractivity contribution >= 4 is 5.91 Å². The fourth-order valence-electron chi connectivity index (χ4n) is 2.76. The first-order chi connectivity index (χ1) is 10.5. The van der Waals surface area contributed by atoms with E-state index in [1.165, 1.54) is 0 Å². The SMILES string of the molecule is CCCC[C@@H]1CN(C(=O)c2ccc[nH]c2=O)C[C@H](C(C)C)O1. The number of unbranched alkanes of at least 4 members (excludes halogenated alkanes) is 1. The number of aromatic amines is 1. The summed E-state index contributed by atoms with van der Waals surface area (Å²) < 4.78 is 6.12. The molecule has 2 rings (SSSR count). The van der Waals surface area contributed by atoms with Gasteiger partial charge in [0.05, 0.1) is 12.2 Å². The maximum atomic E-state index is 12.7. The minimum Gasteiger partial charge on any atom is -0.371 e. The van der Waals surface area contributed by atoms with E-state index in [0.29, 0.717) is 19.0 Å². The van der Waals surface area contributed by atoms with Crippen LogP contribution in [0, 0.1) is 5.92 Å². The van der Waals surface area contributed by atoms with Crippen LogP contribution in [0.1, 0.15) is 50.4 Å². The van der Waals surface area contributed by atoms with Crippen LogP contribution in [-0.4, -0.2) is 41.1 Å². The Morgan fingerprint density at radius 2 is 2.23 bits per heavy atom. The van der Waals surface area contributed by atoms with Crippen molar-refractivity contribution in [2.45, 2.75) is 52.2 Å². The van der Waals surface area contributed by atoms with Gasteiger partial charge in [-0.2, -0.15) is 0 Å². The lowest BCUT2D eigenvalue weighted by atomic mass is 10.0. The van der Waals surface area contributed by atoms with Gasteiger partial charge in [-0.25, -0.2) is 0 Å². The smallest absolute Gasteiger partial charge is 0.260 e. The van der Waals surface area contributed by atoms with E-state index >= 15 is 0 Å². The zero-order chi connectivity index (χ0) is 16.1. The third kappa shape index (κ3) is 3.97. The Bertz CT molecular complexity index is 553. The highest BCUT2D eigenvalue weighted by molar-refractivity contribution is 5.93. The topological polar surface area (TPSA) is 62.4 Å². The summed E-state index contributed by atoms with van der Waals surface area (Å²) in [7, 11) is 0. The minimum absolute atomic E-state index is 0.0300. The van der Waals surface area contributed by atoms with Crippen LogP contribution in [0.4, 0.5) is 0 Å². The van der Waals surface area contributed by atoms with Gasteiger partial charge in [-0.05, 0) is 24.5 Å². The van der Waals surface area contributed by atoms with Crippen molar-refractivity contribution in [1.29, 1.82) is 0 Å². The number of H-pyrrole nitrogens is 1. The normalized spacial score (nSPS) is 22.1. The van der Waals surface area contributed by atoms with Crippen molar-refractivity contribution in [2.24, 2.45) is 5.92 Å². The van der Waals surface area contributed by atoms with E-state index in [9.17, 15) is 9.59 Å². The standard InChI is InChI=1S/C17H26N2O3/c1-4-5-7-13-10-19(11-15(22-13)12(2)3)17(21)14-8-6-9-18-16(14)20/h6,8-9,12-13,15H,4-5,7,10-11H2,1-3H3,(H,18,20)/t13-,15-/m1/s1. The van der Waals surface area contributed by atoms with Gasteiger partial charge < -0.3 is 14.6 Å². The number of nitrogens with one attached hydrogen (secondary N) is 1. The van der Waals surface area contributed by atoms with Crippen molar-refractivity contribution in [2.75, 3.05) is 13.1 Å². The van der Waals surface area contributed by atoms with Crippen LogP contribution in [0.5, 0.6) is 0 Å². The Morgan fingerprint density at radius 1 is 1.45 bits per heavy atom. The summed E-state index contributed by atoms with van der Waals surface area (Å²) in [4.78, 5) is 28.8. The molecule has 1 aromatic heterocycles. The third-order valence-corrected chi connectivity index (χ3v) is 4.15. The largest absolute Gasteiger partial charge is 0.371 e. The number of ether oxygens (including phenoxy) is 1. The molecular formula is C17H26N2O3. The summed E-state index contributed by atoms with van der Waals surface area (Å²) in [5.41, 5.74) is -0.119. The van der Waals surface area contributed by atoms with Crippen molar-refractivity contribution in [3.05, 3.63) is 34.2 Å². The highest BCUT2D eigenvalue weighted by atomic mass is 16.5. The molecule has 0 aromatic carbocycles. The minimum atomic E-state index is -0.329. The number of carbonyl (C=O) groups excluding carboxylic acids is 1. The lowest BCUT2D eigenvalue weighted by Gasteiger charge is -2.39. The van der Waals surface area contributed by atoms with Gasteiger partial charge in [-0.3, -0.25) is 9.59 Å². The highest BCUT2D eigenvalue weighted by Crippen LogP contribution is 2.21. The molecule has 2 atom stereocenters. The molecule has 0 radical (unpaired) electrons. The van der Waals surface area contributed by atoms with Gasteiger partial charge in [-0.1, -0.05) is 33.6 Å². The van der Waals surface area contributed by atoms with E-state index in [0.717, 1.165) is 19.3 Å². The molecule has 0 aliphatic carbocycles. The van der Waals surface area contributed by atoms with Crippen LogP contribution < -0.4 is 5.56 Å². The Balaban J connectivity index is 2.15. The maximum Gasteiger partial charge on any atom is 0.260 e. The van der Waals surface area contributed by atoms with E-state index in [1.54, 1.807) is 23.2 Å². The van der Waals surface area contributed by atoms with E-state index in [-0.39, 0.29) is 29.2 Å². The maximum absolute atomic E-state index is 12.7. The average Bonchev–Trinajstić information content (AvgIpc) is 2.52. The van der Waals surface area contributed by atoms with Gasteiger partial charge in [0.25, 0.3) is 11.5 Å². The first kappa shape index (κ1) is 16.7. The zero-order valence-electron chi connectivity index (χ0n) is 13.7. The Hall–Kier alpha value is -1.62. The summed E-state index contributed by atoms with van der Waals surface area (Å²) in [6.45, 7) is 7.47. The van der Waals surface area contributed by atoms with Crippen molar-refractivity contribution < 1.29 is 9.53 Å². The predicted octanol–water partition coefficient (Wildman–Crippen LogP) is 2.43. The molecule has 0 saturated carbocycles. The number of morpholine rings is 1. The molecule has 1 fully saturated rings. The summed E-state index contributed by atoms with van der Waals surface area (Å²) >= 11 is 0. The molecule has 1 amide bonds. The van der Waals surface area contributed by atoms with Gasteiger partial charge in [0.1, 0.15) is 5.56 Å². The van der Waals surface area contributed by atoms with E-state index < -0.39 is 0 Å². The van der Waals surface area contributed by atoms with Crippen LogP contribution in [0.3, 0.4) is 0 Å². The van der Waals surface area contributed by atoms with Gasteiger partial charge >= 0.3 is 0 Å². The van der Waals surface area contributed by atoms with Gasteiger partial charge in [-0.15, -0.1) is 0 Å². The number of aromatic nitrogens is 1. The molecule has 2 heterocycles. The summed E-state index contributed by atoms with van der Waals surface area (Å²) in [6.07, 6.45) is 4.78. The van der Waals surface area contributed by atoms with Crippen LogP contribution in [0.15, 0.2) is 23.1 Å². The molecule has 0 unspecified atom stereocenters. The van der Waals surface area contributed by atoms with Crippen LogP contribution in [-0.2, 0) is 4.74 Å². The van der Waals surface area contributed by atoms with Crippen LogP contribution >= 0.6 is 0 Å². The third-order valence-electron chi connectivity index (χ3n) is 4.15. The van der Waals surface area contributed by atoms with Crippen LogP contribution in [0.25, 0.3) is 0 Å². The van der Waals surface area contributed by atoms with E-state index in [2.05, 4.69) is 25.8 Å². The molecule has 1 aliphatic heterocycles. The molecular weight excluding hydrogens is 280 g/mol. The Morgan fingerprint density at radius 3 is 2.86 bits per heavy atom. The van der Waals surface area contributed by atoms with Gasteiger partial charge in [0, 0.05) is 19.3 Å². The number of amides is 1. The number of hydrogen-bond donors (Lipinski definition) is 1.